The highest BCUT2D eigenvalue weighted by molar-refractivity contribution is 5.96. The Balaban J connectivity index is 1.52. The largest absolute Gasteiger partial charge is 0.491 e. The number of carbonyl (C=O) groups excluding carboxylic acids is 1. The fourth-order valence-electron chi connectivity index (χ4n) is 3.86. The van der Waals surface area contributed by atoms with Crippen LogP contribution in [0.2, 0.25) is 0 Å². The Morgan fingerprint density at radius 3 is 2.76 bits per heavy atom. The molecule has 0 bridgehead atoms. The summed E-state index contributed by atoms with van der Waals surface area (Å²) in [6.45, 7) is 2.20. The second kappa shape index (κ2) is 14.3. The van der Waals surface area contributed by atoms with E-state index in [1.165, 1.54) is 18.5 Å². The third-order valence-electron chi connectivity index (χ3n) is 5.90. The molecule has 4 aromatic rings. The summed E-state index contributed by atoms with van der Waals surface area (Å²) < 4.78 is 44.3. The van der Waals surface area contributed by atoms with Crippen molar-refractivity contribution in [3.8, 4) is 11.5 Å². The first kappa shape index (κ1) is 29.6. The molecule has 14 heteroatoms. The van der Waals surface area contributed by atoms with Gasteiger partial charge in [-0.05, 0) is 19.2 Å². The van der Waals surface area contributed by atoms with Crippen molar-refractivity contribution in [2.24, 2.45) is 0 Å². The lowest BCUT2D eigenvalue weighted by Gasteiger charge is -2.17. The molecule has 0 aliphatic carbocycles. The number of hydrogen-bond acceptors (Lipinski definition) is 10. The summed E-state index contributed by atoms with van der Waals surface area (Å²) in [5.74, 6) is -0.959. The molecule has 0 radical (unpaired) electrons. The van der Waals surface area contributed by atoms with Crippen LogP contribution in [0, 0.1) is 11.6 Å². The number of aromatic nitrogens is 4. The molecule has 0 spiro atoms. The lowest BCUT2D eigenvalue weighted by molar-refractivity contribution is -0.115. The van der Waals surface area contributed by atoms with Crippen molar-refractivity contribution < 1.29 is 32.9 Å². The number of aromatic amines is 1. The van der Waals surface area contributed by atoms with Crippen molar-refractivity contribution in [1.82, 2.24) is 25.1 Å². The van der Waals surface area contributed by atoms with E-state index < -0.39 is 17.5 Å². The smallest absolute Gasteiger partial charge is 0.230 e. The number of H-pyrrole nitrogens is 1. The number of fused-ring (bicyclic) bond motifs is 1. The number of methoxy groups -OCH3 is 1. The van der Waals surface area contributed by atoms with Gasteiger partial charge in [0.05, 0.1) is 36.2 Å². The second-order valence-electron chi connectivity index (χ2n) is 8.98. The number of nitrogens with zero attached hydrogens (tertiary/aromatic N) is 4. The Hall–Kier alpha value is -4.40. The van der Waals surface area contributed by atoms with Gasteiger partial charge in [-0.25, -0.2) is 18.7 Å². The number of ether oxygens (including phenoxy) is 3. The van der Waals surface area contributed by atoms with E-state index in [1.54, 1.807) is 25.3 Å². The van der Waals surface area contributed by atoms with E-state index in [1.807, 2.05) is 11.9 Å². The summed E-state index contributed by atoms with van der Waals surface area (Å²) in [7, 11) is 3.46. The van der Waals surface area contributed by atoms with E-state index in [0.717, 1.165) is 6.07 Å². The van der Waals surface area contributed by atoms with E-state index in [-0.39, 0.29) is 18.7 Å². The number of rotatable bonds is 15. The Bertz CT molecular complexity index is 1470. The van der Waals surface area contributed by atoms with E-state index in [2.05, 4.69) is 30.8 Å². The molecule has 2 aromatic carbocycles. The summed E-state index contributed by atoms with van der Waals surface area (Å²) in [6.07, 6.45) is 1.23. The van der Waals surface area contributed by atoms with Crippen LogP contribution in [0.25, 0.3) is 10.9 Å². The fraction of sp³-hybridized carbons (Fsp3) is 0.333. The standard InChI is InChI=1S/C27H31F2N7O5/c1-36(6-8-37)7-9-41-22-15-18(40-11-10-39-2)14-21-25(22)27(31-16-30-21)33-23-12-17(34-35-23)13-24(38)32-20-5-3-4-19(28)26(20)29/h3-5,12,14-16,37H,6-11,13H2,1-2H3,(H,32,38)(H2,30,31,33,34,35). The Kier molecular flexibility index (Phi) is 10.3. The molecule has 0 fully saturated rings. The maximum absolute atomic E-state index is 13.9. The Morgan fingerprint density at radius 1 is 1.10 bits per heavy atom. The van der Waals surface area contributed by atoms with Gasteiger partial charge in [0.1, 0.15) is 36.9 Å². The summed E-state index contributed by atoms with van der Waals surface area (Å²) >= 11 is 0. The van der Waals surface area contributed by atoms with Gasteiger partial charge in [-0.15, -0.1) is 0 Å². The first-order chi connectivity index (χ1) is 19.9. The van der Waals surface area contributed by atoms with Crippen LogP contribution < -0.4 is 20.1 Å². The van der Waals surface area contributed by atoms with E-state index in [4.69, 9.17) is 19.3 Å². The molecule has 4 rings (SSSR count). The van der Waals surface area contributed by atoms with Crippen molar-refractivity contribution in [2.45, 2.75) is 6.42 Å². The maximum atomic E-state index is 13.9. The SMILES string of the molecule is COCCOc1cc(OCCN(C)CCO)c2c(Nc3cc(CC(=O)Nc4cccc(F)c4F)[nH]n3)ncnc2c1. The zero-order valence-corrected chi connectivity index (χ0v) is 22.6. The van der Waals surface area contributed by atoms with Crippen LogP contribution in [-0.4, -0.2) is 89.8 Å². The van der Waals surface area contributed by atoms with Crippen LogP contribution in [0.1, 0.15) is 5.69 Å². The fourth-order valence-corrected chi connectivity index (χ4v) is 3.86. The van der Waals surface area contributed by atoms with Crippen molar-refractivity contribution >= 4 is 34.1 Å². The molecule has 0 unspecified atom stereocenters. The quantitative estimate of drug-likeness (QED) is 0.157. The molecule has 218 valence electrons. The minimum atomic E-state index is -1.13. The van der Waals surface area contributed by atoms with E-state index in [9.17, 15) is 13.6 Å². The van der Waals surface area contributed by atoms with E-state index >= 15 is 0 Å². The minimum absolute atomic E-state index is 0.0408. The molecule has 0 aliphatic rings. The number of aliphatic hydroxyl groups is 1. The summed E-state index contributed by atoms with van der Waals surface area (Å²) in [5, 5.41) is 22.2. The number of halogens is 2. The highest BCUT2D eigenvalue weighted by Crippen LogP contribution is 2.35. The minimum Gasteiger partial charge on any atom is -0.491 e. The normalized spacial score (nSPS) is 11.2. The number of anilines is 3. The number of hydrogen-bond donors (Lipinski definition) is 4. The van der Waals surface area contributed by atoms with Gasteiger partial charge < -0.3 is 34.9 Å². The molecule has 0 aliphatic heterocycles. The predicted octanol–water partition coefficient (Wildman–Crippen LogP) is 2.88. The number of likely N-dealkylation sites (N-methyl/N-ethyl adjacent to an activating group) is 1. The summed E-state index contributed by atoms with van der Waals surface area (Å²) in [4.78, 5) is 23.1. The van der Waals surface area contributed by atoms with Crippen molar-refractivity contribution in [1.29, 1.82) is 0 Å². The molecule has 0 saturated heterocycles. The van der Waals surface area contributed by atoms with Gasteiger partial charge in [-0.3, -0.25) is 9.89 Å². The molecular weight excluding hydrogens is 540 g/mol. The average Bonchev–Trinajstić information content (AvgIpc) is 3.38. The number of aliphatic hydroxyl groups excluding tert-OH is 1. The molecule has 41 heavy (non-hydrogen) atoms. The molecule has 0 saturated carbocycles. The van der Waals surface area contributed by atoms with Crippen LogP contribution in [0.3, 0.4) is 0 Å². The summed E-state index contributed by atoms with van der Waals surface area (Å²) in [6, 6.07) is 8.64. The predicted molar refractivity (Wildman–Crippen MR) is 148 cm³/mol. The molecule has 2 aromatic heterocycles. The molecule has 1 amide bonds. The number of carbonyl (C=O) groups is 1. The highest BCUT2D eigenvalue weighted by Gasteiger charge is 2.16. The van der Waals surface area contributed by atoms with Crippen LogP contribution in [0.15, 0.2) is 42.7 Å². The van der Waals surface area contributed by atoms with Gasteiger partial charge in [0.25, 0.3) is 0 Å². The van der Waals surface area contributed by atoms with Gasteiger partial charge in [0.2, 0.25) is 5.91 Å². The van der Waals surface area contributed by atoms with Gasteiger partial charge in [-0.2, -0.15) is 5.10 Å². The van der Waals surface area contributed by atoms with Crippen molar-refractivity contribution in [3.63, 3.8) is 0 Å². The molecular formula is C27H31F2N7O5. The zero-order valence-electron chi connectivity index (χ0n) is 22.6. The van der Waals surface area contributed by atoms with Crippen molar-refractivity contribution in [3.05, 3.63) is 60.1 Å². The number of benzene rings is 2. The Morgan fingerprint density at radius 2 is 1.95 bits per heavy atom. The number of amides is 1. The molecule has 2 heterocycles. The van der Waals surface area contributed by atoms with Crippen molar-refractivity contribution in [2.75, 3.05) is 64.3 Å². The highest BCUT2D eigenvalue weighted by atomic mass is 19.2. The second-order valence-corrected chi connectivity index (χ2v) is 8.98. The average molecular weight is 572 g/mol. The van der Waals surface area contributed by atoms with Crippen LogP contribution in [0.4, 0.5) is 26.1 Å². The topological polar surface area (TPSA) is 147 Å². The number of nitrogens with one attached hydrogen (secondary N) is 3. The molecule has 0 atom stereocenters. The van der Waals surface area contributed by atoms with Crippen LogP contribution in [-0.2, 0) is 16.0 Å². The van der Waals surface area contributed by atoms with Crippen LogP contribution in [0.5, 0.6) is 11.5 Å². The Labute approximate surface area is 234 Å². The lowest BCUT2D eigenvalue weighted by Crippen LogP contribution is -2.27. The summed E-state index contributed by atoms with van der Waals surface area (Å²) in [5.41, 5.74) is 0.738. The maximum Gasteiger partial charge on any atom is 0.230 e. The van der Waals surface area contributed by atoms with Gasteiger partial charge >= 0.3 is 0 Å². The third-order valence-corrected chi connectivity index (χ3v) is 5.90. The van der Waals surface area contributed by atoms with Crippen LogP contribution >= 0.6 is 0 Å². The lowest BCUT2D eigenvalue weighted by atomic mass is 10.2. The third kappa shape index (κ3) is 8.06. The van der Waals surface area contributed by atoms with Gasteiger partial charge in [-0.1, -0.05) is 6.07 Å². The van der Waals surface area contributed by atoms with E-state index in [0.29, 0.717) is 72.6 Å². The molecule has 4 N–H and O–H groups in total. The first-order valence-corrected chi connectivity index (χ1v) is 12.8. The van der Waals surface area contributed by atoms with Gasteiger partial charge in [0.15, 0.2) is 17.5 Å². The van der Waals surface area contributed by atoms with Gasteiger partial charge in [0, 0.05) is 44.1 Å². The monoisotopic (exact) mass is 571 g/mol. The zero-order chi connectivity index (χ0) is 29.2. The first-order valence-electron chi connectivity index (χ1n) is 12.8. The molecule has 12 nitrogen and oxygen atoms in total.